The summed E-state index contributed by atoms with van der Waals surface area (Å²) >= 11 is 0. The van der Waals surface area contributed by atoms with Gasteiger partial charge in [-0.25, -0.2) is 4.39 Å². The number of alkyl halides is 3. The Labute approximate surface area is 84.9 Å². The molecule has 1 rings (SSSR count). The molecule has 0 radical (unpaired) electrons. The highest BCUT2D eigenvalue weighted by atomic mass is 19.4. The summed E-state index contributed by atoms with van der Waals surface area (Å²) in [5.41, 5.74) is 5.74. The summed E-state index contributed by atoms with van der Waals surface area (Å²) in [5.74, 6) is -0.537. The number of hydrogen-bond donors (Lipinski definition) is 1. The van der Waals surface area contributed by atoms with Crippen molar-refractivity contribution in [2.75, 3.05) is 0 Å². The minimum Gasteiger partial charge on any atom is -0.324 e. The molecule has 0 fully saturated rings. The zero-order valence-corrected chi connectivity index (χ0v) is 8.11. The number of hydrogen-bond acceptors (Lipinski definition) is 1. The zero-order chi connectivity index (χ0) is 11.6. The number of benzene rings is 1. The van der Waals surface area contributed by atoms with Crippen LogP contribution in [0.5, 0.6) is 0 Å². The quantitative estimate of drug-likeness (QED) is 0.763. The van der Waals surface area contributed by atoms with Gasteiger partial charge in [0.1, 0.15) is 5.82 Å². The molecule has 0 amide bonds. The first-order valence-electron chi connectivity index (χ1n) is 4.38. The molecule has 5 heteroatoms. The second kappa shape index (κ2) is 4.18. The third kappa shape index (κ3) is 3.20. The van der Waals surface area contributed by atoms with E-state index in [4.69, 9.17) is 5.73 Å². The van der Waals surface area contributed by atoms with E-state index in [-0.39, 0.29) is 11.1 Å². The van der Waals surface area contributed by atoms with Gasteiger partial charge in [-0.2, -0.15) is 13.2 Å². The lowest BCUT2D eigenvalue weighted by atomic mass is 9.99. The van der Waals surface area contributed by atoms with Gasteiger partial charge in [0.05, 0.1) is 6.42 Å². The van der Waals surface area contributed by atoms with Crippen LogP contribution in [0.1, 0.15) is 23.6 Å². The van der Waals surface area contributed by atoms with Gasteiger partial charge in [-0.15, -0.1) is 0 Å². The van der Waals surface area contributed by atoms with Crippen molar-refractivity contribution in [2.45, 2.75) is 25.6 Å². The largest absolute Gasteiger partial charge is 0.390 e. The lowest BCUT2D eigenvalue weighted by molar-refractivity contribution is -0.138. The topological polar surface area (TPSA) is 26.0 Å². The summed E-state index contributed by atoms with van der Waals surface area (Å²) in [5, 5.41) is 0. The first kappa shape index (κ1) is 12.0. The van der Waals surface area contributed by atoms with Gasteiger partial charge in [0.15, 0.2) is 0 Å². The molecule has 0 saturated heterocycles. The summed E-state index contributed by atoms with van der Waals surface area (Å²) in [7, 11) is 0. The fourth-order valence-corrected chi connectivity index (χ4v) is 1.39. The third-order valence-corrected chi connectivity index (χ3v) is 2.16. The molecule has 84 valence electrons. The van der Waals surface area contributed by atoms with Crippen LogP contribution in [-0.2, 0) is 0 Å². The van der Waals surface area contributed by atoms with Crippen molar-refractivity contribution >= 4 is 0 Å². The predicted octanol–water partition coefficient (Wildman–Crippen LogP) is 3.09. The van der Waals surface area contributed by atoms with Crippen LogP contribution in [0, 0.1) is 12.7 Å². The molecule has 15 heavy (non-hydrogen) atoms. The third-order valence-electron chi connectivity index (χ3n) is 2.16. The molecule has 0 aliphatic carbocycles. The monoisotopic (exact) mass is 221 g/mol. The Bertz CT molecular complexity index is 346. The molecule has 2 N–H and O–H groups in total. The Hall–Kier alpha value is -1.10. The smallest absolute Gasteiger partial charge is 0.324 e. The highest BCUT2D eigenvalue weighted by molar-refractivity contribution is 5.29. The second-order valence-electron chi connectivity index (χ2n) is 3.38. The first-order valence-corrected chi connectivity index (χ1v) is 4.38. The van der Waals surface area contributed by atoms with Gasteiger partial charge in [-0.1, -0.05) is 12.1 Å². The molecular formula is C10H11F4N. The van der Waals surface area contributed by atoms with Gasteiger partial charge >= 0.3 is 6.18 Å². The average Bonchev–Trinajstić information content (AvgIpc) is 2.06. The van der Waals surface area contributed by atoms with Gasteiger partial charge in [0.2, 0.25) is 0 Å². The van der Waals surface area contributed by atoms with Crippen LogP contribution in [0.3, 0.4) is 0 Å². The molecule has 1 aromatic carbocycles. The van der Waals surface area contributed by atoms with Crippen LogP contribution in [0.25, 0.3) is 0 Å². The lowest BCUT2D eigenvalue weighted by Gasteiger charge is -2.16. The Morgan fingerprint density at radius 3 is 2.47 bits per heavy atom. The summed E-state index contributed by atoms with van der Waals surface area (Å²) in [6, 6.07) is 2.75. The van der Waals surface area contributed by atoms with Gasteiger partial charge in [-0.3, -0.25) is 0 Å². The van der Waals surface area contributed by atoms with Gasteiger partial charge in [-0.05, 0) is 24.1 Å². The highest BCUT2D eigenvalue weighted by Gasteiger charge is 2.31. The first-order chi connectivity index (χ1) is 6.81. The molecule has 0 spiro atoms. The minimum atomic E-state index is -4.34. The molecule has 0 bridgehead atoms. The second-order valence-corrected chi connectivity index (χ2v) is 3.38. The zero-order valence-electron chi connectivity index (χ0n) is 8.11. The summed E-state index contributed by atoms with van der Waals surface area (Å²) in [6.07, 6.45) is -5.48. The van der Waals surface area contributed by atoms with Crippen molar-refractivity contribution in [2.24, 2.45) is 5.73 Å². The van der Waals surface area contributed by atoms with Crippen LogP contribution < -0.4 is 5.73 Å². The summed E-state index contributed by atoms with van der Waals surface area (Å²) < 4.78 is 49.2. The highest BCUT2D eigenvalue weighted by Crippen LogP contribution is 2.29. The van der Waals surface area contributed by atoms with Crippen molar-refractivity contribution in [3.63, 3.8) is 0 Å². The summed E-state index contributed by atoms with van der Waals surface area (Å²) in [4.78, 5) is 0. The molecule has 0 aliphatic heterocycles. The maximum absolute atomic E-state index is 13.0. The van der Waals surface area contributed by atoms with E-state index in [1.165, 1.54) is 25.1 Å². The van der Waals surface area contributed by atoms with Gasteiger partial charge in [0, 0.05) is 6.04 Å². The van der Waals surface area contributed by atoms with Crippen LogP contribution in [-0.4, -0.2) is 6.18 Å². The lowest BCUT2D eigenvalue weighted by Crippen LogP contribution is -2.21. The molecule has 1 atom stereocenters. The van der Waals surface area contributed by atoms with Crippen LogP contribution in [0.4, 0.5) is 17.6 Å². The molecule has 1 aromatic rings. The molecule has 1 nitrogen and oxygen atoms in total. The molecule has 0 heterocycles. The number of halogens is 4. The average molecular weight is 221 g/mol. The van der Waals surface area contributed by atoms with Crippen molar-refractivity contribution in [3.05, 3.63) is 35.1 Å². The van der Waals surface area contributed by atoms with E-state index in [1.54, 1.807) is 0 Å². The van der Waals surface area contributed by atoms with Crippen molar-refractivity contribution in [1.82, 2.24) is 0 Å². The van der Waals surface area contributed by atoms with E-state index in [1.807, 2.05) is 0 Å². The molecule has 0 unspecified atom stereocenters. The maximum Gasteiger partial charge on any atom is 0.390 e. The predicted molar refractivity (Wildman–Crippen MR) is 48.7 cm³/mol. The maximum atomic E-state index is 13.0. The van der Waals surface area contributed by atoms with E-state index in [0.29, 0.717) is 0 Å². The van der Waals surface area contributed by atoms with Crippen LogP contribution >= 0.6 is 0 Å². The Morgan fingerprint density at radius 1 is 1.33 bits per heavy atom. The summed E-state index contributed by atoms with van der Waals surface area (Å²) in [6.45, 7) is 1.42. The fraction of sp³-hybridized carbons (Fsp3) is 0.400. The Balaban J connectivity index is 2.92. The van der Waals surface area contributed by atoms with Crippen molar-refractivity contribution in [1.29, 1.82) is 0 Å². The van der Waals surface area contributed by atoms with E-state index in [0.717, 1.165) is 0 Å². The number of rotatable bonds is 2. The van der Waals surface area contributed by atoms with Crippen LogP contribution in [0.15, 0.2) is 18.2 Å². The number of nitrogens with two attached hydrogens (primary N) is 1. The van der Waals surface area contributed by atoms with E-state index in [2.05, 4.69) is 0 Å². The van der Waals surface area contributed by atoms with Crippen molar-refractivity contribution < 1.29 is 17.6 Å². The Morgan fingerprint density at radius 2 is 1.93 bits per heavy atom. The Kier molecular flexibility index (Phi) is 3.34. The molecule has 0 aliphatic rings. The van der Waals surface area contributed by atoms with Crippen LogP contribution in [0.2, 0.25) is 0 Å². The van der Waals surface area contributed by atoms with E-state index < -0.39 is 24.5 Å². The van der Waals surface area contributed by atoms with E-state index >= 15 is 0 Å². The molecule has 0 saturated carbocycles. The molecule has 0 aromatic heterocycles. The molecular weight excluding hydrogens is 210 g/mol. The normalized spacial score (nSPS) is 14.0. The van der Waals surface area contributed by atoms with Gasteiger partial charge < -0.3 is 5.73 Å². The minimum absolute atomic E-state index is 0.175. The van der Waals surface area contributed by atoms with E-state index in [9.17, 15) is 17.6 Å². The standard InChI is InChI=1S/C10H11F4N/c1-6-7(3-2-4-8(6)11)9(15)5-10(12,13)14/h2-4,9H,5,15H2,1H3/t9-/m1/s1. The SMILES string of the molecule is Cc1c(F)cccc1[C@H](N)CC(F)(F)F. The van der Waals surface area contributed by atoms with Crippen molar-refractivity contribution in [3.8, 4) is 0 Å². The fourth-order valence-electron chi connectivity index (χ4n) is 1.39. The van der Waals surface area contributed by atoms with Gasteiger partial charge in [0.25, 0.3) is 0 Å².